The summed E-state index contributed by atoms with van der Waals surface area (Å²) in [6, 6.07) is 10.8. The van der Waals surface area contributed by atoms with Crippen molar-refractivity contribution in [3.05, 3.63) is 41.8 Å². The second-order valence-electron chi connectivity index (χ2n) is 4.05. The van der Waals surface area contributed by atoms with Gasteiger partial charge in [0.05, 0.1) is 0 Å². The van der Waals surface area contributed by atoms with E-state index >= 15 is 0 Å². The van der Waals surface area contributed by atoms with Crippen LogP contribution in [0.25, 0.3) is 0 Å². The van der Waals surface area contributed by atoms with Crippen molar-refractivity contribution in [1.82, 2.24) is 0 Å². The third kappa shape index (κ3) is 4.45. The molecule has 0 saturated carbocycles. The van der Waals surface area contributed by atoms with E-state index in [0.29, 0.717) is 0 Å². The minimum Gasteiger partial charge on any atom is -0.0654 e. The summed E-state index contributed by atoms with van der Waals surface area (Å²) < 4.78 is 0. The maximum atomic E-state index is 2.29. The van der Waals surface area contributed by atoms with Gasteiger partial charge in [0.1, 0.15) is 0 Å². The van der Waals surface area contributed by atoms with Gasteiger partial charge < -0.3 is 0 Å². The average molecular weight is 189 g/mol. The topological polar surface area (TPSA) is 0 Å². The van der Waals surface area contributed by atoms with Crippen LogP contribution in [0.5, 0.6) is 0 Å². The van der Waals surface area contributed by atoms with Crippen LogP contribution in [0.2, 0.25) is 0 Å². The Labute approximate surface area is 88.4 Å². The smallest absolute Gasteiger partial charge is 0.0269 e. The molecule has 0 N–H and O–H groups in total. The molecule has 14 heavy (non-hydrogen) atoms. The molecule has 0 heterocycles. The summed E-state index contributed by atoms with van der Waals surface area (Å²) in [5, 5.41) is 0. The predicted octanol–water partition coefficient (Wildman–Crippen LogP) is 4.40. The van der Waals surface area contributed by atoms with Crippen molar-refractivity contribution in [1.29, 1.82) is 0 Å². The Morgan fingerprint density at radius 3 is 2.43 bits per heavy atom. The first kappa shape index (κ1) is 11.3. The fraction of sp³-hybridized carbons (Fsp3) is 0.500. The molecule has 0 unspecified atom stereocenters. The minimum atomic E-state index is 1.20. The minimum absolute atomic E-state index is 1.20. The summed E-state index contributed by atoms with van der Waals surface area (Å²) in [6.07, 6.45) is 6.42. The van der Waals surface area contributed by atoms with Crippen LogP contribution in [-0.4, -0.2) is 0 Å². The fourth-order valence-corrected chi connectivity index (χ4v) is 1.61. The summed E-state index contributed by atoms with van der Waals surface area (Å²) in [5.74, 6) is 1.65. The Hall–Kier alpha value is -0.780. The zero-order chi connectivity index (χ0) is 10.2. The highest BCUT2D eigenvalue weighted by molar-refractivity contribution is 5.15. The van der Waals surface area contributed by atoms with Gasteiger partial charge in [0.2, 0.25) is 0 Å². The lowest BCUT2D eigenvalue weighted by molar-refractivity contribution is 0.670. The van der Waals surface area contributed by atoms with Gasteiger partial charge in [-0.15, -0.1) is 0 Å². The van der Waals surface area contributed by atoms with Gasteiger partial charge in [-0.3, -0.25) is 0 Å². The monoisotopic (exact) mass is 189 g/mol. The largest absolute Gasteiger partial charge is 0.0654 e. The molecule has 1 rings (SSSR count). The second-order valence-corrected chi connectivity index (χ2v) is 4.05. The first-order chi connectivity index (χ1) is 6.83. The molecular weight excluding hydrogens is 168 g/mol. The molecule has 0 saturated heterocycles. The van der Waals surface area contributed by atoms with E-state index in [9.17, 15) is 0 Å². The number of hydrogen-bond acceptors (Lipinski definition) is 0. The van der Waals surface area contributed by atoms with Crippen LogP contribution in [0.1, 0.15) is 45.1 Å². The van der Waals surface area contributed by atoms with E-state index in [0.717, 1.165) is 0 Å². The number of aryl methyl sites for hydroxylation is 1. The third-order valence-electron chi connectivity index (χ3n) is 2.64. The van der Waals surface area contributed by atoms with Gasteiger partial charge in [0.25, 0.3) is 0 Å². The third-order valence-corrected chi connectivity index (χ3v) is 2.64. The molecule has 0 aromatic heterocycles. The van der Waals surface area contributed by atoms with Gasteiger partial charge in [0, 0.05) is 0 Å². The van der Waals surface area contributed by atoms with E-state index in [1.165, 1.54) is 37.7 Å². The van der Waals surface area contributed by atoms with E-state index in [1.807, 2.05) is 0 Å². The fourth-order valence-electron chi connectivity index (χ4n) is 1.61. The molecule has 0 aliphatic heterocycles. The Balaban J connectivity index is 2.20. The summed E-state index contributed by atoms with van der Waals surface area (Å²) in [7, 11) is 0. The second kappa shape index (κ2) is 6.64. The molecule has 0 nitrogen and oxygen atoms in total. The van der Waals surface area contributed by atoms with Crippen LogP contribution in [0.4, 0.5) is 0 Å². The molecule has 0 aliphatic carbocycles. The molecule has 0 amide bonds. The highest BCUT2D eigenvalue weighted by atomic mass is 14.1. The molecule has 0 aliphatic rings. The zero-order valence-corrected chi connectivity index (χ0v) is 9.42. The normalized spacial score (nSPS) is 10.8. The van der Waals surface area contributed by atoms with Gasteiger partial charge >= 0.3 is 0 Å². The summed E-state index contributed by atoms with van der Waals surface area (Å²) in [5.41, 5.74) is 1.46. The Morgan fingerprint density at radius 1 is 1.07 bits per heavy atom. The van der Waals surface area contributed by atoms with Crippen molar-refractivity contribution in [2.24, 2.45) is 0 Å². The molecule has 0 atom stereocenters. The average Bonchev–Trinajstić information content (AvgIpc) is 2.25. The van der Waals surface area contributed by atoms with Crippen LogP contribution in [-0.2, 0) is 6.42 Å². The first-order valence-electron chi connectivity index (χ1n) is 5.68. The molecule has 0 fully saturated rings. The predicted molar refractivity (Wildman–Crippen MR) is 63.2 cm³/mol. The molecule has 0 heteroatoms. The van der Waals surface area contributed by atoms with Crippen molar-refractivity contribution in [2.45, 2.75) is 46.0 Å². The van der Waals surface area contributed by atoms with Crippen molar-refractivity contribution >= 4 is 0 Å². The van der Waals surface area contributed by atoms with Crippen LogP contribution in [0.3, 0.4) is 0 Å². The lowest BCUT2D eigenvalue weighted by Crippen LogP contribution is -1.95. The number of rotatable bonds is 6. The number of unbranched alkanes of at least 4 members (excludes halogenated alkanes) is 1. The van der Waals surface area contributed by atoms with Gasteiger partial charge in [-0.2, -0.15) is 0 Å². The molecule has 1 radical (unpaired) electrons. The summed E-state index contributed by atoms with van der Waals surface area (Å²) in [6.45, 7) is 4.54. The van der Waals surface area contributed by atoms with Crippen LogP contribution < -0.4 is 0 Å². The van der Waals surface area contributed by atoms with Crippen molar-refractivity contribution in [2.75, 3.05) is 0 Å². The lowest BCUT2D eigenvalue weighted by atomic mass is 9.96. The SMILES string of the molecule is CCCC[C](C)CCc1ccccc1. The highest BCUT2D eigenvalue weighted by Gasteiger charge is 2.02. The standard InChI is InChI=1S/C14H21/c1-3-4-8-13(2)11-12-14-9-6-5-7-10-14/h5-7,9-10H,3-4,8,11-12H2,1-2H3. The van der Waals surface area contributed by atoms with Crippen molar-refractivity contribution in [3.8, 4) is 0 Å². The van der Waals surface area contributed by atoms with Crippen LogP contribution in [0.15, 0.2) is 30.3 Å². The quantitative estimate of drug-likeness (QED) is 0.622. The first-order valence-corrected chi connectivity index (χ1v) is 5.68. The molecular formula is C14H21. The molecule has 77 valence electrons. The number of benzene rings is 1. The van der Waals surface area contributed by atoms with Crippen molar-refractivity contribution in [3.63, 3.8) is 0 Å². The lowest BCUT2D eigenvalue weighted by Gasteiger charge is -2.09. The Morgan fingerprint density at radius 2 is 1.79 bits per heavy atom. The van der Waals surface area contributed by atoms with Crippen LogP contribution in [0, 0.1) is 5.92 Å². The maximum absolute atomic E-state index is 2.29. The maximum Gasteiger partial charge on any atom is -0.0269 e. The molecule has 1 aromatic carbocycles. The Bertz CT molecular complexity index is 225. The van der Waals surface area contributed by atoms with Crippen molar-refractivity contribution < 1.29 is 0 Å². The van der Waals surface area contributed by atoms with E-state index in [1.54, 1.807) is 5.92 Å². The van der Waals surface area contributed by atoms with E-state index in [-0.39, 0.29) is 0 Å². The van der Waals surface area contributed by atoms with Gasteiger partial charge in [-0.05, 0) is 30.7 Å². The van der Waals surface area contributed by atoms with Gasteiger partial charge in [0.15, 0.2) is 0 Å². The molecule has 0 bridgehead atoms. The van der Waals surface area contributed by atoms with E-state index in [2.05, 4.69) is 44.2 Å². The summed E-state index contributed by atoms with van der Waals surface area (Å²) >= 11 is 0. The Kier molecular flexibility index (Phi) is 5.36. The molecule has 1 aromatic rings. The van der Waals surface area contributed by atoms with Gasteiger partial charge in [-0.1, -0.05) is 57.0 Å². The summed E-state index contributed by atoms with van der Waals surface area (Å²) in [4.78, 5) is 0. The zero-order valence-electron chi connectivity index (χ0n) is 9.42. The van der Waals surface area contributed by atoms with E-state index < -0.39 is 0 Å². The molecule has 0 spiro atoms. The van der Waals surface area contributed by atoms with Gasteiger partial charge in [-0.25, -0.2) is 0 Å². The highest BCUT2D eigenvalue weighted by Crippen LogP contribution is 2.16. The number of hydrogen-bond donors (Lipinski definition) is 0. The van der Waals surface area contributed by atoms with Crippen LogP contribution >= 0.6 is 0 Å². The van der Waals surface area contributed by atoms with E-state index in [4.69, 9.17) is 0 Å².